The van der Waals surface area contributed by atoms with Gasteiger partial charge in [-0.05, 0) is 33.6 Å². The van der Waals surface area contributed by atoms with E-state index in [9.17, 15) is 19.2 Å². The standard InChI is InChI=1S/C17H27NO5S2/c1-11(19)24-9-13(10-25-12(2)20)15(21)18-8-6-7-14(18)16(22)23-17(3,4)5/h13-14H,6-10H2,1-5H3/t14-/m0/s1. The van der Waals surface area contributed by atoms with Gasteiger partial charge in [0.25, 0.3) is 0 Å². The van der Waals surface area contributed by atoms with Gasteiger partial charge in [-0.1, -0.05) is 23.5 Å². The molecule has 142 valence electrons. The summed E-state index contributed by atoms with van der Waals surface area (Å²) in [6, 6.07) is -0.584. The van der Waals surface area contributed by atoms with Gasteiger partial charge in [-0.15, -0.1) is 0 Å². The number of carbonyl (C=O) groups excluding carboxylic acids is 4. The fraction of sp³-hybridized carbons (Fsp3) is 0.765. The van der Waals surface area contributed by atoms with Crippen molar-refractivity contribution in [1.82, 2.24) is 4.90 Å². The fourth-order valence-electron chi connectivity index (χ4n) is 2.51. The molecular formula is C17H27NO5S2. The largest absolute Gasteiger partial charge is 0.458 e. The van der Waals surface area contributed by atoms with E-state index in [1.807, 2.05) is 0 Å². The summed E-state index contributed by atoms with van der Waals surface area (Å²) in [5, 5.41) is -0.147. The summed E-state index contributed by atoms with van der Waals surface area (Å²) in [7, 11) is 0. The molecule has 25 heavy (non-hydrogen) atoms. The van der Waals surface area contributed by atoms with Crippen LogP contribution in [0.25, 0.3) is 0 Å². The van der Waals surface area contributed by atoms with Gasteiger partial charge in [0, 0.05) is 31.9 Å². The van der Waals surface area contributed by atoms with Gasteiger partial charge in [-0.25, -0.2) is 4.79 Å². The van der Waals surface area contributed by atoms with E-state index in [-0.39, 0.29) is 16.1 Å². The van der Waals surface area contributed by atoms with Crippen LogP contribution in [0.5, 0.6) is 0 Å². The average Bonchev–Trinajstić information content (AvgIpc) is 2.93. The Bertz CT molecular complexity index is 512. The van der Waals surface area contributed by atoms with Gasteiger partial charge in [0.2, 0.25) is 5.91 Å². The number of rotatable bonds is 6. The Morgan fingerprint density at radius 1 is 1.08 bits per heavy atom. The Hall–Kier alpha value is -1.02. The van der Waals surface area contributed by atoms with Crippen molar-refractivity contribution < 1.29 is 23.9 Å². The van der Waals surface area contributed by atoms with Crippen LogP contribution in [-0.4, -0.2) is 56.7 Å². The quantitative estimate of drug-likeness (QED) is 0.646. The molecule has 1 aliphatic rings. The van der Waals surface area contributed by atoms with E-state index in [2.05, 4.69) is 0 Å². The first-order valence-corrected chi connectivity index (χ1v) is 10.3. The summed E-state index contributed by atoms with van der Waals surface area (Å²) >= 11 is 2.14. The lowest BCUT2D eigenvalue weighted by atomic mass is 10.1. The van der Waals surface area contributed by atoms with Crippen LogP contribution in [0.4, 0.5) is 0 Å². The molecule has 1 rings (SSSR count). The van der Waals surface area contributed by atoms with E-state index in [0.29, 0.717) is 24.5 Å². The highest BCUT2D eigenvalue weighted by Gasteiger charge is 2.39. The van der Waals surface area contributed by atoms with Gasteiger partial charge in [0.05, 0.1) is 5.92 Å². The molecule has 0 radical (unpaired) electrons. The molecule has 1 amide bonds. The van der Waals surface area contributed by atoms with Crippen molar-refractivity contribution in [3.05, 3.63) is 0 Å². The predicted molar refractivity (Wildman–Crippen MR) is 100 cm³/mol. The highest BCUT2D eigenvalue weighted by Crippen LogP contribution is 2.26. The fourth-order valence-corrected chi connectivity index (χ4v) is 4.05. The summed E-state index contributed by atoms with van der Waals surface area (Å²) in [5.41, 5.74) is -0.608. The zero-order valence-electron chi connectivity index (χ0n) is 15.5. The highest BCUT2D eigenvalue weighted by molar-refractivity contribution is 8.14. The lowest BCUT2D eigenvalue weighted by Gasteiger charge is -2.29. The van der Waals surface area contributed by atoms with Crippen molar-refractivity contribution in [2.24, 2.45) is 5.92 Å². The van der Waals surface area contributed by atoms with Gasteiger partial charge in [0.15, 0.2) is 10.2 Å². The molecule has 0 unspecified atom stereocenters. The smallest absolute Gasteiger partial charge is 0.329 e. The lowest BCUT2D eigenvalue weighted by Crippen LogP contribution is -2.46. The SMILES string of the molecule is CC(=O)SCC(CSC(C)=O)C(=O)N1CCC[C@H]1C(=O)OC(C)(C)C. The van der Waals surface area contributed by atoms with E-state index in [0.717, 1.165) is 29.9 Å². The van der Waals surface area contributed by atoms with Crippen molar-refractivity contribution in [2.45, 2.75) is 59.1 Å². The molecular weight excluding hydrogens is 362 g/mol. The molecule has 1 aliphatic heterocycles. The second-order valence-electron chi connectivity index (χ2n) is 7.03. The zero-order valence-corrected chi connectivity index (χ0v) is 17.1. The maximum atomic E-state index is 12.9. The molecule has 0 aromatic carbocycles. The summed E-state index contributed by atoms with van der Waals surface area (Å²) < 4.78 is 5.43. The van der Waals surface area contributed by atoms with Gasteiger partial charge < -0.3 is 9.64 Å². The Labute approximate surface area is 157 Å². The Morgan fingerprint density at radius 3 is 2.04 bits per heavy atom. The molecule has 1 fully saturated rings. The Morgan fingerprint density at radius 2 is 1.60 bits per heavy atom. The molecule has 1 heterocycles. The number of esters is 1. The van der Waals surface area contributed by atoms with Gasteiger partial charge in [-0.2, -0.15) is 0 Å². The number of likely N-dealkylation sites (tertiary alicyclic amines) is 1. The van der Waals surface area contributed by atoms with Crippen molar-refractivity contribution in [1.29, 1.82) is 0 Å². The van der Waals surface area contributed by atoms with Gasteiger partial charge >= 0.3 is 5.97 Å². The minimum atomic E-state index is -0.608. The van der Waals surface area contributed by atoms with Crippen LogP contribution >= 0.6 is 23.5 Å². The molecule has 0 aromatic heterocycles. The van der Waals surface area contributed by atoms with Crippen molar-refractivity contribution in [3.63, 3.8) is 0 Å². The molecule has 1 atom stereocenters. The number of thioether (sulfide) groups is 2. The number of hydrogen-bond donors (Lipinski definition) is 0. The number of amides is 1. The summed E-state index contributed by atoms with van der Waals surface area (Å²) in [5.74, 6) is -0.435. The molecule has 0 spiro atoms. The van der Waals surface area contributed by atoms with Crippen LogP contribution in [0.1, 0.15) is 47.5 Å². The Balaban J connectivity index is 2.83. The minimum Gasteiger partial charge on any atom is -0.458 e. The first kappa shape index (κ1) is 22.0. The molecule has 0 saturated carbocycles. The molecule has 8 heteroatoms. The maximum Gasteiger partial charge on any atom is 0.329 e. The monoisotopic (exact) mass is 389 g/mol. The van der Waals surface area contributed by atoms with Crippen molar-refractivity contribution in [2.75, 3.05) is 18.1 Å². The first-order valence-electron chi connectivity index (χ1n) is 8.31. The second kappa shape index (κ2) is 9.62. The second-order valence-corrected chi connectivity index (χ2v) is 9.42. The van der Waals surface area contributed by atoms with Crippen LogP contribution in [0.15, 0.2) is 0 Å². The number of hydrogen-bond acceptors (Lipinski definition) is 7. The zero-order chi connectivity index (χ0) is 19.2. The topological polar surface area (TPSA) is 80.8 Å². The molecule has 0 aromatic rings. The average molecular weight is 390 g/mol. The van der Waals surface area contributed by atoms with E-state index in [4.69, 9.17) is 4.74 Å². The van der Waals surface area contributed by atoms with Crippen LogP contribution < -0.4 is 0 Å². The molecule has 0 aliphatic carbocycles. The summed E-state index contributed by atoms with van der Waals surface area (Å²) in [6.45, 7) is 8.77. The van der Waals surface area contributed by atoms with Crippen molar-refractivity contribution >= 4 is 45.6 Å². The van der Waals surface area contributed by atoms with E-state index >= 15 is 0 Å². The van der Waals surface area contributed by atoms with E-state index < -0.39 is 23.5 Å². The van der Waals surface area contributed by atoms with Crippen LogP contribution in [0.3, 0.4) is 0 Å². The van der Waals surface area contributed by atoms with Gasteiger partial charge in [-0.3, -0.25) is 14.4 Å². The highest BCUT2D eigenvalue weighted by atomic mass is 32.2. The van der Waals surface area contributed by atoms with E-state index in [1.54, 1.807) is 25.7 Å². The third-order valence-electron chi connectivity index (χ3n) is 3.54. The molecule has 0 bridgehead atoms. The lowest BCUT2D eigenvalue weighted by molar-refractivity contribution is -0.163. The summed E-state index contributed by atoms with van der Waals surface area (Å²) in [4.78, 5) is 49.4. The van der Waals surface area contributed by atoms with Gasteiger partial charge in [0.1, 0.15) is 11.6 Å². The molecule has 1 saturated heterocycles. The van der Waals surface area contributed by atoms with Crippen molar-refractivity contribution in [3.8, 4) is 0 Å². The summed E-state index contributed by atoms with van der Waals surface area (Å²) in [6.07, 6.45) is 1.31. The number of carbonyl (C=O) groups is 4. The van der Waals surface area contributed by atoms with Crippen LogP contribution in [0.2, 0.25) is 0 Å². The van der Waals surface area contributed by atoms with E-state index in [1.165, 1.54) is 13.8 Å². The number of nitrogens with zero attached hydrogens (tertiary/aromatic N) is 1. The third-order valence-corrected chi connectivity index (χ3v) is 5.49. The molecule has 0 N–H and O–H groups in total. The maximum absolute atomic E-state index is 12.9. The minimum absolute atomic E-state index is 0.0734. The molecule has 6 nitrogen and oxygen atoms in total. The van der Waals surface area contributed by atoms with Crippen LogP contribution in [-0.2, 0) is 23.9 Å². The Kier molecular flexibility index (Phi) is 8.47. The normalized spacial score (nSPS) is 17.7. The third kappa shape index (κ3) is 7.81. The first-order chi connectivity index (χ1) is 11.5. The van der Waals surface area contributed by atoms with Crippen LogP contribution in [0, 0.1) is 5.92 Å². The number of ether oxygens (including phenoxy) is 1. The predicted octanol–water partition coefficient (Wildman–Crippen LogP) is 2.49.